The molecule has 1 aromatic carbocycles. The minimum Gasteiger partial charge on any atom is -0.328 e. The van der Waals surface area contributed by atoms with Gasteiger partial charge in [-0.25, -0.2) is 9.67 Å². The first-order chi connectivity index (χ1) is 12.8. The molecule has 0 saturated heterocycles. The van der Waals surface area contributed by atoms with Gasteiger partial charge < -0.3 is 5.32 Å². The van der Waals surface area contributed by atoms with E-state index < -0.39 is 0 Å². The maximum absolute atomic E-state index is 12.7. The van der Waals surface area contributed by atoms with Crippen LogP contribution in [0.3, 0.4) is 0 Å². The maximum atomic E-state index is 12.7. The van der Waals surface area contributed by atoms with Crippen molar-refractivity contribution in [2.45, 2.75) is 25.3 Å². The van der Waals surface area contributed by atoms with E-state index in [1.807, 2.05) is 59.5 Å². The van der Waals surface area contributed by atoms with Gasteiger partial charge >= 0.3 is 0 Å². The van der Waals surface area contributed by atoms with Crippen molar-refractivity contribution in [1.82, 2.24) is 14.8 Å². The number of allylic oxidation sites excluding steroid dienone is 2. The first-order valence-corrected chi connectivity index (χ1v) is 8.82. The van der Waals surface area contributed by atoms with Crippen LogP contribution in [0, 0.1) is 0 Å². The van der Waals surface area contributed by atoms with E-state index in [4.69, 9.17) is 10.1 Å². The van der Waals surface area contributed by atoms with Gasteiger partial charge in [-0.2, -0.15) is 4.98 Å². The van der Waals surface area contributed by atoms with Gasteiger partial charge in [-0.05, 0) is 18.9 Å². The lowest BCUT2D eigenvalue weighted by Crippen LogP contribution is -2.32. The number of aromatic nitrogens is 4. The molecule has 128 valence electrons. The predicted molar refractivity (Wildman–Crippen MR) is 96.1 cm³/mol. The maximum Gasteiger partial charge on any atom is 0.226 e. The summed E-state index contributed by atoms with van der Waals surface area (Å²) in [5, 5.41) is 8.10. The molecule has 0 radical (unpaired) electrons. The smallest absolute Gasteiger partial charge is 0.226 e. The fraction of sp³-hybridized carbons (Fsp3) is 0.200. The monoisotopic (exact) mass is 344 g/mol. The third-order valence-electron chi connectivity index (χ3n) is 4.95. The van der Waals surface area contributed by atoms with Crippen LogP contribution in [-0.2, 0) is 4.79 Å². The van der Waals surface area contributed by atoms with Crippen LogP contribution < -0.4 is 10.3 Å². The Bertz CT molecular complexity index is 1010. The quantitative estimate of drug-likeness (QED) is 0.776. The highest BCUT2D eigenvalue weighted by Gasteiger charge is 2.37. The Hall–Kier alpha value is -3.28. The summed E-state index contributed by atoms with van der Waals surface area (Å²) >= 11 is 0. The molecule has 3 aromatic rings. The molecule has 6 heteroatoms. The van der Waals surface area contributed by atoms with Crippen molar-refractivity contribution in [2.75, 3.05) is 5.32 Å². The van der Waals surface area contributed by atoms with Crippen LogP contribution in [0.25, 0.3) is 11.4 Å². The number of Topliss-reactive ketones (excluding diaryl/α,β-unsaturated/α-hetero) is 1. The second-order valence-corrected chi connectivity index (χ2v) is 6.60. The molecule has 0 amide bonds. The lowest BCUT2D eigenvalue weighted by molar-refractivity contribution is -0.378. The van der Waals surface area contributed by atoms with Crippen LogP contribution in [0.1, 0.15) is 30.9 Å². The summed E-state index contributed by atoms with van der Waals surface area (Å²) in [7, 11) is 0. The molecule has 0 bridgehead atoms. The fourth-order valence-electron chi connectivity index (χ4n) is 3.75. The Morgan fingerprint density at radius 2 is 2.00 bits per heavy atom. The van der Waals surface area contributed by atoms with Crippen molar-refractivity contribution in [1.29, 1.82) is 0 Å². The summed E-state index contributed by atoms with van der Waals surface area (Å²) in [5.41, 5.74) is 3.75. The molecule has 2 aliphatic rings. The number of carbonyl (C=O) groups excluding carboxylic acids is 1. The van der Waals surface area contributed by atoms with Gasteiger partial charge in [-0.15, -0.1) is 5.10 Å². The molecule has 0 saturated carbocycles. The second kappa shape index (κ2) is 5.91. The largest absolute Gasteiger partial charge is 0.328 e. The molecular formula is C20H18N5O+. The summed E-state index contributed by atoms with van der Waals surface area (Å²) in [4.78, 5) is 20.5. The molecule has 2 N–H and O–H groups in total. The van der Waals surface area contributed by atoms with Crippen molar-refractivity contribution in [3.05, 3.63) is 71.7 Å². The van der Waals surface area contributed by atoms with Crippen molar-refractivity contribution >= 4 is 11.7 Å². The summed E-state index contributed by atoms with van der Waals surface area (Å²) in [6.07, 6.45) is 6.11. The van der Waals surface area contributed by atoms with E-state index in [9.17, 15) is 4.79 Å². The van der Waals surface area contributed by atoms with Gasteiger partial charge in [0.05, 0.1) is 0 Å². The van der Waals surface area contributed by atoms with Crippen LogP contribution in [-0.4, -0.2) is 20.5 Å². The highest BCUT2D eigenvalue weighted by Crippen LogP contribution is 2.40. The summed E-state index contributed by atoms with van der Waals surface area (Å²) in [6.45, 7) is 0. The van der Waals surface area contributed by atoms with E-state index in [1.54, 1.807) is 0 Å². The van der Waals surface area contributed by atoms with E-state index in [-0.39, 0.29) is 11.8 Å². The minimum atomic E-state index is -0.253. The van der Waals surface area contributed by atoms with Gasteiger partial charge in [-0.3, -0.25) is 4.79 Å². The molecule has 2 aromatic heterocycles. The molecular weight excluding hydrogens is 326 g/mol. The molecule has 1 aliphatic heterocycles. The van der Waals surface area contributed by atoms with Crippen LogP contribution in [0.4, 0.5) is 5.95 Å². The number of rotatable bonds is 2. The molecule has 26 heavy (non-hydrogen) atoms. The van der Waals surface area contributed by atoms with Gasteiger partial charge in [0.2, 0.25) is 5.95 Å². The molecule has 6 nitrogen and oxygen atoms in total. The summed E-state index contributed by atoms with van der Waals surface area (Å²) < 4.78 is 1.84. The van der Waals surface area contributed by atoms with E-state index in [0.717, 1.165) is 35.2 Å². The lowest BCUT2D eigenvalue weighted by Gasteiger charge is -2.31. The number of hydrogen-bond acceptors (Lipinski definition) is 4. The fourth-order valence-corrected chi connectivity index (χ4v) is 3.75. The number of H-pyrrole nitrogens is 1. The standard InChI is InChI=1S/C20H17N5O/c26-16-10-4-9-15-17(16)18(14-8-5-11-21-12-14)25-20(22-15)23-19(24-25)13-6-2-1-3-7-13/h1-3,5-8,11-12,18H,4,9-10H2,(H,22,23,24)/p+1. The third-order valence-corrected chi connectivity index (χ3v) is 4.95. The predicted octanol–water partition coefficient (Wildman–Crippen LogP) is 2.78. The van der Waals surface area contributed by atoms with Crippen LogP contribution in [0.5, 0.6) is 0 Å². The van der Waals surface area contributed by atoms with Crippen molar-refractivity contribution < 1.29 is 9.78 Å². The molecule has 5 rings (SSSR count). The van der Waals surface area contributed by atoms with E-state index >= 15 is 0 Å². The first kappa shape index (κ1) is 15.0. The zero-order chi connectivity index (χ0) is 17.5. The van der Waals surface area contributed by atoms with Gasteiger partial charge in [0.15, 0.2) is 24.0 Å². The van der Waals surface area contributed by atoms with Crippen LogP contribution >= 0.6 is 0 Å². The zero-order valence-corrected chi connectivity index (χ0v) is 14.1. The average molecular weight is 344 g/mol. The number of nitrogens with one attached hydrogen (secondary N) is 2. The number of fused-ring (bicyclic) bond motifs is 1. The van der Waals surface area contributed by atoms with Gasteiger partial charge in [0.25, 0.3) is 0 Å². The highest BCUT2D eigenvalue weighted by atomic mass is 16.1. The Morgan fingerprint density at radius 1 is 1.12 bits per heavy atom. The van der Waals surface area contributed by atoms with E-state index in [1.165, 1.54) is 0 Å². The minimum absolute atomic E-state index is 0.190. The third kappa shape index (κ3) is 2.34. The number of pyridine rings is 1. The lowest BCUT2D eigenvalue weighted by atomic mass is 9.86. The Morgan fingerprint density at radius 3 is 2.81 bits per heavy atom. The topological polar surface area (TPSA) is 74.0 Å². The van der Waals surface area contributed by atoms with Crippen molar-refractivity contribution in [2.24, 2.45) is 0 Å². The molecule has 3 heterocycles. The average Bonchev–Trinajstić information content (AvgIpc) is 3.12. The highest BCUT2D eigenvalue weighted by molar-refractivity contribution is 5.99. The number of aromatic amines is 1. The number of nitrogens with zero attached hydrogens (tertiary/aromatic N) is 3. The normalized spacial score (nSPS) is 18.9. The summed E-state index contributed by atoms with van der Waals surface area (Å²) in [6, 6.07) is 13.6. The second-order valence-electron chi connectivity index (χ2n) is 6.60. The van der Waals surface area contributed by atoms with Gasteiger partial charge in [0.1, 0.15) is 6.04 Å². The number of carbonyl (C=O) groups is 1. The van der Waals surface area contributed by atoms with Gasteiger partial charge in [-0.1, -0.05) is 30.3 Å². The summed E-state index contributed by atoms with van der Waals surface area (Å²) in [5.74, 6) is 1.53. The number of ketones is 1. The molecule has 0 spiro atoms. The Balaban J connectivity index is 1.69. The van der Waals surface area contributed by atoms with Crippen molar-refractivity contribution in [3.8, 4) is 11.4 Å². The number of anilines is 1. The molecule has 1 unspecified atom stereocenters. The van der Waals surface area contributed by atoms with Crippen LogP contribution in [0.2, 0.25) is 0 Å². The van der Waals surface area contributed by atoms with E-state index in [0.29, 0.717) is 18.2 Å². The Labute approximate surface area is 150 Å². The van der Waals surface area contributed by atoms with E-state index in [2.05, 4.69) is 10.3 Å². The van der Waals surface area contributed by atoms with Gasteiger partial charge in [0, 0.05) is 34.9 Å². The molecule has 1 aliphatic carbocycles. The van der Waals surface area contributed by atoms with Crippen LogP contribution in [0.15, 0.2) is 66.1 Å². The zero-order valence-electron chi connectivity index (χ0n) is 14.1. The first-order valence-electron chi connectivity index (χ1n) is 8.82. The molecule has 0 fully saturated rings. The number of hydrogen-bond donors (Lipinski definition) is 1. The Kier molecular flexibility index (Phi) is 3.41. The SMILES string of the molecule is O=C1CCCC2=C1C(c1ccc[nH+]c1)n1nc(-c3ccccc3)nc1N2. The van der Waals surface area contributed by atoms with Crippen molar-refractivity contribution in [3.63, 3.8) is 0 Å². The number of benzene rings is 1. The molecule has 1 atom stereocenters.